The molecule has 2 heteroatoms. The normalized spacial score (nSPS) is 15.6. The Morgan fingerprint density at radius 1 is 1.30 bits per heavy atom. The average molecular weight is 150 g/mol. The van der Waals surface area contributed by atoms with Gasteiger partial charge in [0.25, 0.3) is 0 Å². The molecule has 1 radical (unpaired) electrons. The van der Waals surface area contributed by atoms with Crippen LogP contribution in [0.5, 0.6) is 0 Å². The second kappa shape index (κ2) is 2.54. The highest BCUT2D eigenvalue weighted by molar-refractivity contribution is 8.01. The Morgan fingerprint density at radius 2 is 2.20 bits per heavy atom. The molecule has 2 rings (SSSR count). The first-order chi connectivity index (χ1) is 4.97. The SMILES string of the molecule is [CH]1CNc2ccccc2S1. The second-order valence-electron chi connectivity index (χ2n) is 2.16. The van der Waals surface area contributed by atoms with Crippen LogP contribution in [0.1, 0.15) is 0 Å². The lowest BCUT2D eigenvalue weighted by Crippen LogP contribution is -2.05. The van der Waals surface area contributed by atoms with Gasteiger partial charge >= 0.3 is 0 Å². The molecule has 1 N–H and O–H groups in total. The van der Waals surface area contributed by atoms with Crippen molar-refractivity contribution in [2.24, 2.45) is 0 Å². The lowest BCUT2D eigenvalue weighted by atomic mass is 10.3. The fourth-order valence-corrected chi connectivity index (χ4v) is 1.77. The fourth-order valence-electron chi connectivity index (χ4n) is 0.999. The van der Waals surface area contributed by atoms with Gasteiger partial charge in [-0.15, -0.1) is 11.8 Å². The molecule has 1 aromatic carbocycles. The van der Waals surface area contributed by atoms with Crippen LogP contribution in [0.2, 0.25) is 0 Å². The quantitative estimate of drug-likeness (QED) is 0.609. The standard InChI is InChI=1S/C8H8NS/c1-2-4-8-7(3-1)9-5-6-10-8/h1-4,6,9H,5H2. The maximum absolute atomic E-state index is 3.29. The number of benzene rings is 1. The smallest absolute Gasteiger partial charge is 0.0478 e. The molecule has 0 amide bonds. The Hall–Kier alpha value is -0.630. The molecule has 1 heterocycles. The first-order valence-electron chi connectivity index (χ1n) is 3.28. The van der Waals surface area contributed by atoms with Crippen LogP contribution in [0.25, 0.3) is 0 Å². The summed E-state index contributed by atoms with van der Waals surface area (Å²) in [5, 5.41) is 3.29. The number of para-hydroxylation sites is 1. The molecule has 0 atom stereocenters. The number of hydrogen-bond acceptors (Lipinski definition) is 2. The highest BCUT2D eigenvalue weighted by Gasteiger charge is 2.05. The van der Waals surface area contributed by atoms with Gasteiger partial charge in [0, 0.05) is 22.9 Å². The first kappa shape index (κ1) is 6.10. The number of nitrogens with one attached hydrogen (secondary N) is 1. The van der Waals surface area contributed by atoms with E-state index in [0.29, 0.717) is 0 Å². The highest BCUT2D eigenvalue weighted by atomic mass is 32.2. The molecule has 0 saturated carbocycles. The Kier molecular flexibility index (Phi) is 1.55. The van der Waals surface area contributed by atoms with E-state index in [1.165, 1.54) is 10.6 Å². The minimum Gasteiger partial charge on any atom is -0.383 e. The van der Waals surface area contributed by atoms with Crippen molar-refractivity contribution in [3.05, 3.63) is 30.0 Å². The van der Waals surface area contributed by atoms with Gasteiger partial charge in [0.05, 0.1) is 0 Å². The molecular formula is C8H8NS. The summed E-state index contributed by atoms with van der Waals surface area (Å²) in [5.74, 6) is 2.17. The van der Waals surface area contributed by atoms with E-state index in [9.17, 15) is 0 Å². The molecule has 0 saturated heterocycles. The summed E-state index contributed by atoms with van der Waals surface area (Å²) in [6.07, 6.45) is 0. The fraction of sp³-hybridized carbons (Fsp3) is 0.125. The third kappa shape index (κ3) is 0.991. The van der Waals surface area contributed by atoms with Crippen molar-refractivity contribution >= 4 is 17.4 Å². The minimum atomic E-state index is 0.974. The molecule has 1 aromatic rings. The molecule has 1 aliphatic rings. The molecule has 10 heavy (non-hydrogen) atoms. The highest BCUT2D eigenvalue weighted by Crippen LogP contribution is 2.31. The van der Waals surface area contributed by atoms with Crippen LogP contribution in [0.3, 0.4) is 0 Å². The minimum absolute atomic E-state index is 0.974. The summed E-state index contributed by atoms with van der Waals surface area (Å²) in [5.41, 5.74) is 1.26. The van der Waals surface area contributed by atoms with Crippen molar-refractivity contribution in [3.8, 4) is 0 Å². The van der Waals surface area contributed by atoms with E-state index in [1.54, 1.807) is 11.8 Å². The van der Waals surface area contributed by atoms with Crippen LogP contribution in [0, 0.1) is 5.75 Å². The van der Waals surface area contributed by atoms with Crippen molar-refractivity contribution in [1.82, 2.24) is 0 Å². The topological polar surface area (TPSA) is 12.0 Å². The van der Waals surface area contributed by atoms with Crippen LogP contribution in [0.15, 0.2) is 29.2 Å². The van der Waals surface area contributed by atoms with E-state index < -0.39 is 0 Å². The molecule has 1 nitrogen and oxygen atoms in total. The van der Waals surface area contributed by atoms with Crippen molar-refractivity contribution in [1.29, 1.82) is 0 Å². The van der Waals surface area contributed by atoms with Crippen LogP contribution in [-0.2, 0) is 0 Å². The Balaban J connectivity index is 2.41. The van der Waals surface area contributed by atoms with E-state index in [1.807, 2.05) is 0 Å². The largest absolute Gasteiger partial charge is 0.383 e. The Bertz CT molecular complexity index is 209. The Labute approximate surface area is 64.8 Å². The van der Waals surface area contributed by atoms with Gasteiger partial charge in [-0.25, -0.2) is 0 Å². The maximum atomic E-state index is 3.29. The zero-order chi connectivity index (χ0) is 6.81. The third-order valence-corrected chi connectivity index (χ3v) is 2.42. The van der Waals surface area contributed by atoms with Gasteiger partial charge in [-0.3, -0.25) is 0 Å². The lowest BCUT2D eigenvalue weighted by Gasteiger charge is -2.15. The van der Waals surface area contributed by atoms with Gasteiger partial charge < -0.3 is 5.32 Å². The van der Waals surface area contributed by atoms with Crippen LogP contribution < -0.4 is 5.32 Å². The van der Waals surface area contributed by atoms with E-state index >= 15 is 0 Å². The molecule has 0 unspecified atom stereocenters. The Morgan fingerprint density at radius 3 is 3.10 bits per heavy atom. The van der Waals surface area contributed by atoms with Gasteiger partial charge in [0.2, 0.25) is 0 Å². The zero-order valence-corrected chi connectivity index (χ0v) is 6.32. The maximum Gasteiger partial charge on any atom is 0.0478 e. The molecule has 1 aliphatic heterocycles. The van der Waals surface area contributed by atoms with Gasteiger partial charge in [-0.05, 0) is 12.1 Å². The molecule has 0 aromatic heterocycles. The summed E-state index contributed by atoms with van der Waals surface area (Å²) in [4.78, 5) is 1.33. The molecule has 51 valence electrons. The van der Waals surface area contributed by atoms with E-state index in [4.69, 9.17) is 0 Å². The number of fused-ring (bicyclic) bond motifs is 1. The summed E-state index contributed by atoms with van der Waals surface area (Å²) in [6.45, 7) is 0.974. The third-order valence-electron chi connectivity index (χ3n) is 1.47. The summed E-state index contributed by atoms with van der Waals surface area (Å²) in [6, 6.07) is 8.35. The van der Waals surface area contributed by atoms with Crippen molar-refractivity contribution in [3.63, 3.8) is 0 Å². The predicted octanol–water partition coefficient (Wildman–Crippen LogP) is 2.37. The molecule has 0 aliphatic carbocycles. The molecule has 0 bridgehead atoms. The van der Waals surface area contributed by atoms with Crippen LogP contribution in [0.4, 0.5) is 5.69 Å². The average Bonchev–Trinajstić information content (AvgIpc) is 2.05. The van der Waals surface area contributed by atoms with E-state index in [-0.39, 0.29) is 0 Å². The molecule has 0 spiro atoms. The van der Waals surface area contributed by atoms with Gasteiger partial charge in [0.1, 0.15) is 0 Å². The molecule has 0 fully saturated rings. The van der Waals surface area contributed by atoms with Crippen LogP contribution in [-0.4, -0.2) is 6.54 Å². The molecular weight excluding hydrogens is 142 g/mol. The van der Waals surface area contributed by atoms with Gasteiger partial charge in [-0.2, -0.15) is 0 Å². The van der Waals surface area contributed by atoms with Crippen molar-refractivity contribution < 1.29 is 0 Å². The van der Waals surface area contributed by atoms with Crippen molar-refractivity contribution in [2.45, 2.75) is 4.90 Å². The van der Waals surface area contributed by atoms with E-state index in [0.717, 1.165) is 6.54 Å². The zero-order valence-electron chi connectivity index (χ0n) is 5.50. The number of hydrogen-bond donors (Lipinski definition) is 1. The van der Waals surface area contributed by atoms with Crippen molar-refractivity contribution in [2.75, 3.05) is 11.9 Å². The van der Waals surface area contributed by atoms with Crippen LogP contribution >= 0.6 is 11.8 Å². The van der Waals surface area contributed by atoms with E-state index in [2.05, 4.69) is 35.3 Å². The predicted molar refractivity (Wildman–Crippen MR) is 45.1 cm³/mol. The van der Waals surface area contributed by atoms with Gasteiger partial charge in [0.15, 0.2) is 0 Å². The first-order valence-corrected chi connectivity index (χ1v) is 4.16. The number of thioether (sulfide) groups is 1. The lowest BCUT2D eigenvalue weighted by molar-refractivity contribution is 1.24. The number of anilines is 1. The monoisotopic (exact) mass is 150 g/mol. The van der Waals surface area contributed by atoms with Gasteiger partial charge in [-0.1, -0.05) is 12.1 Å². The summed E-state index contributed by atoms with van der Waals surface area (Å²) in [7, 11) is 0. The number of rotatable bonds is 0. The second-order valence-corrected chi connectivity index (χ2v) is 3.17. The summed E-state index contributed by atoms with van der Waals surface area (Å²) < 4.78 is 0. The summed E-state index contributed by atoms with van der Waals surface area (Å²) >= 11 is 1.80.